The van der Waals surface area contributed by atoms with E-state index in [1.54, 1.807) is 18.3 Å². The molecule has 0 unspecified atom stereocenters. The van der Waals surface area contributed by atoms with Gasteiger partial charge in [0.05, 0.1) is 5.56 Å². The molecule has 1 aromatic heterocycles. The van der Waals surface area contributed by atoms with E-state index < -0.39 is 0 Å². The Labute approximate surface area is 93.2 Å². The van der Waals surface area contributed by atoms with Crippen LogP contribution in [0.4, 0.5) is 0 Å². The molecule has 16 heavy (non-hydrogen) atoms. The molecule has 0 bridgehead atoms. The summed E-state index contributed by atoms with van der Waals surface area (Å²) < 4.78 is 0. The maximum absolute atomic E-state index is 11.5. The third-order valence-electron chi connectivity index (χ3n) is 2.70. The van der Waals surface area contributed by atoms with Gasteiger partial charge in [0.1, 0.15) is 0 Å². The van der Waals surface area contributed by atoms with E-state index in [9.17, 15) is 9.59 Å². The van der Waals surface area contributed by atoms with Gasteiger partial charge in [-0.15, -0.1) is 0 Å². The molecule has 0 atom stereocenters. The molecule has 0 aliphatic heterocycles. The van der Waals surface area contributed by atoms with Crippen LogP contribution in [0.1, 0.15) is 29.6 Å². The normalized spacial score (nSPS) is 15.0. The largest absolute Gasteiger partial charge is 0.273 e. The first kappa shape index (κ1) is 10.6. The molecule has 0 aromatic carbocycles. The quantitative estimate of drug-likeness (QED) is 0.717. The summed E-state index contributed by atoms with van der Waals surface area (Å²) in [5.41, 5.74) is 5.21. The molecule has 2 amide bonds. The molecule has 1 aromatic rings. The van der Waals surface area contributed by atoms with Crippen LogP contribution in [0.2, 0.25) is 0 Å². The molecular weight excluding hydrogens is 206 g/mol. The minimum absolute atomic E-state index is 0.0641. The molecule has 0 spiro atoms. The van der Waals surface area contributed by atoms with Crippen molar-refractivity contribution in [2.24, 2.45) is 5.92 Å². The van der Waals surface area contributed by atoms with Crippen molar-refractivity contribution in [2.75, 3.05) is 0 Å². The Morgan fingerprint density at radius 3 is 2.69 bits per heavy atom. The highest BCUT2D eigenvalue weighted by atomic mass is 16.2. The summed E-state index contributed by atoms with van der Waals surface area (Å²) in [6.45, 7) is 0. The van der Waals surface area contributed by atoms with E-state index in [4.69, 9.17) is 0 Å². The Hall–Kier alpha value is -1.91. The van der Waals surface area contributed by atoms with Gasteiger partial charge >= 0.3 is 0 Å². The highest BCUT2D eigenvalue weighted by Crippen LogP contribution is 2.25. The second-order valence-corrected chi connectivity index (χ2v) is 3.81. The fraction of sp³-hybridized carbons (Fsp3) is 0.364. The second kappa shape index (κ2) is 4.74. The van der Waals surface area contributed by atoms with Crippen molar-refractivity contribution in [3.8, 4) is 0 Å². The zero-order chi connectivity index (χ0) is 11.4. The average Bonchev–Trinajstić information content (AvgIpc) is 2.25. The van der Waals surface area contributed by atoms with Crippen LogP contribution in [0.15, 0.2) is 24.5 Å². The van der Waals surface area contributed by atoms with E-state index in [-0.39, 0.29) is 17.7 Å². The lowest BCUT2D eigenvalue weighted by molar-refractivity contribution is -0.128. The summed E-state index contributed by atoms with van der Waals surface area (Å²) in [5.74, 6) is -0.390. The number of rotatable bonds is 2. The van der Waals surface area contributed by atoms with E-state index >= 15 is 0 Å². The lowest BCUT2D eigenvalue weighted by Gasteiger charge is -2.23. The number of carbonyl (C=O) groups excluding carboxylic acids is 2. The van der Waals surface area contributed by atoms with Crippen LogP contribution in [0.25, 0.3) is 0 Å². The van der Waals surface area contributed by atoms with E-state index in [2.05, 4.69) is 15.8 Å². The van der Waals surface area contributed by atoms with Crippen molar-refractivity contribution in [3.05, 3.63) is 30.1 Å². The number of hydrogen-bond donors (Lipinski definition) is 2. The summed E-state index contributed by atoms with van der Waals surface area (Å²) in [5, 5.41) is 0. The van der Waals surface area contributed by atoms with Crippen molar-refractivity contribution < 1.29 is 9.59 Å². The summed E-state index contributed by atoms with van der Waals surface area (Å²) in [6.07, 6.45) is 5.95. The number of hydrazine groups is 1. The van der Waals surface area contributed by atoms with Crippen LogP contribution < -0.4 is 10.9 Å². The maximum atomic E-state index is 11.5. The minimum Gasteiger partial charge on any atom is -0.273 e. The number of carbonyl (C=O) groups is 2. The van der Waals surface area contributed by atoms with Crippen LogP contribution in [0.3, 0.4) is 0 Å². The first-order chi connectivity index (χ1) is 7.77. The highest BCUT2D eigenvalue weighted by molar-refractivity contribution is 5.95. The molecule has 1 aliphatic carbocycles. The van der Waals surface area contributed by atoms with Gasteiger partial charge in [0.25, 0.3) is 5.91 Å². The Bertz CT molecular complexity index is 387. The lowest BCUT2D eigenvalue weighted by atomic mass is 9.85. The molecule has 2 rings (SSSR count). The molecule has 2 N–H and O–H groups in total. The van der Waals surface area contributed by atoms with Crippen molar-refractivity contribution in [1.29, 1.82) is 0 Å². The predicted octanol–water partition coefficient (Wildman–Crippen LogP) is 0.643. The topological polar surface area (TPSA) is 71.1 Å². The summed E-state index contributed by atoms with van der Waals surface area (Å²) >= 11 is 0. The fourth-order valence-electron chi connectivity index (χ4n) is 1.46. The van der Waals surface area contributed by atoms with Gasteiger partial charge in [0.2, 0.25) is 5.91 Å². The van der Waals surface area contributed by atoms with Crippen molar-refractivity contribution in [2.45, 2.75) is 19.3 Å². The number of aromatic nitrogens is 1. The first-order valence-electron chi connectivity index (χ1n) is 5.27. The Kier molecular flexibility index (Phi) is 3.14. The summed E-state index contributed by atoms with van der Waals surface area (Å²) in [7, 11) is 0. The molecular formula is C11H13N3O2. The van der Waals surface area contributed by atoms with Gasteiger partial charge in [-0.2, -0.15) is 0 Å². The van der Waals surface area contributed by atoms with E-state index in [1.165, 1.54) is 6.20 Å². The number of hydrogen-bond acceptors (Lipinski definition) is 3. The number of nitrogens with zero attached hydrogens (tertiary/aromatic N) is 1. The molecule has 5 nitrogen and oxygen atoms in total. The monoisotopic (exact) mass is 219 g/mol. The summed E-state index contributed by atoms with van der Waals surface area (Å²) in [4.78, 5) is 26.8. The minimum atomic E-state index is -0.347. The van der Waals surface area contributed by atoms with Crippen LogP contribution in [-0.4, -0.2) is 16.8 Å². The van der Waals surface area contributed by atoms with Crippen molar-refractivity contribution >= 4 is 11.8 Å². The van der Waals surface area contributed by atoms with E-state index in [1.807, 2.05) is 0 Å². The third kappa shape index (κ3) is 2.36. The maximum Gasteiger partial charge on any atom is 0.271 e. The van der Waals surface area contributed by atoms with Gasteiger partial charge in [-0.05, 0) is 25.0 Å². The molecule has 5 heteroatoms. The second-order valence-electron chi connectivity index (χ2n) is 3.81. The van der Waals surface area contributed by atoms with Crippen molar-refractivity contribution in [3.63, 3.8) is 0 Å². The summed E-state index contributed by atoms with van der Waals surface area (Å²) in [6, 6.07) is 3.31. The zero-order valence-electron chi connectivity index (χ0n) is 8.77. The average molecular weight is 219 g/mol. The third-order valence-corrected chi connectivity index (χ3v) is 2.70. The van der Waals surface area contributed by atoms with Gasteiger partial charge in [0, 0.05) is 18.3 Å². The van der Waals surface area contributed by atoms with E-state index in [0.717, 1.165) is 19.3 Å². The van der Waals surface area contributed by atoms with Gasteiger partial charge in [-0.25, -0.2) is 0 Å². The first-order valence-corrected chi connectivity index (χ1v) is 5.27. The van der Waals surface area contributed by atoms with Crippen LogP contribution in [0, 0.1) is 5.92 Å². The Balaban J connectivity index is 1.81. The molecule has 1 fully saturated rings. The Morgan fingerprint density at radius 1 is 1.31 bits per heavy atom. The van der Waals surface area contributed by atoms with Crippen molar-refractivity contribution in [1.82, 2.24) is 15.8 Å². The molecule has 1 heterocycles. The fourth-order valence-corrected chi connectivity index (χ4v) is 1.46. The smallest absolute Gasteiger partial charge is 0.271 e. The zero-order valence-corrected chi connectivity index (χ0v) is 8.77. The predicted molar refractivity (Wildman–Crippen MR) is 57.2 cm³/mol. The standard InChI is InChI=1S/C11H13N3O2/c15-10(8-3-1-4-8)13-14-11(16)9-5-2-6-12-7-9/h2,5-8H,1,3-4H2,(H,13,15)(H,14,16). The molecule has 1 saturated carbocycles. The number of pyridine rings is 1. The highest BCUT2D eigenvalue weighted by Gasteiger charge is 2.25. The van der Waals surface area contributed by atoms with Gasteiger partial charge in [-0.3, -0.25) is 25.4 Å². The molecule has 0 saturated heterocycles. The lowest BCUT2D eigenvalue weighted by Crippen LogP contribution is -2.46. The van der Waals surface area contributed by atoms with Crippen LogP contribution in [-0.2, 0) is 4.79 Å². The molecule has 0 radical (unpaired) electrons. The molecule has 1 aliphatic rings. The van der Waals surface area contributed by atoms with Crippen LogP contribution >= 0.6 is 0 Å². The van der Waals surface area contributed by atoms with Gasteiger partial charge < -0.3 is 0 Å². The molecule has 84 valence electrons. The van der Waals surface area contributed by atoms with Gasteiger partial charge in [0.15, 0.2) is 0 Å². The van der Waals surface area contributed by atoms with E-state index in [0.29, 0.717) is 5.56 Å². The number of amides is 2. The van der Waals surface area contributed by atoms with Crippen LogP contribution in [0.5, 0.6) is 0 Å². The SMILES string of the molecule is O=C(NNC(=O)C1CCC1)c1cccnc1. The number of nitrogens with one attached hydrogen (secondary N) is 2. The Morgan fingerprint density at radius 2 is 2.12 bits per heavy atom. The van der Waals surface area contributed by atoms with Gasteiger partial charge in [-0.1, -0.05) is 6.42 Å².